The molecule has 0 aromatic heterocycles. The molecule has 1 amide bonds. The molecule has 4 nitrogen and oxygen atoms in total. The molecule has 0 unspecified atom stereocenters. The Morgan fingerprint density at radius 1 is 1.20 bits per heavy atom. The van der Waals surface area contributed by atoms with Crippen LogP contribution in [0.3, 0.4) is 0 Å². The summed E-state index contributed by atoms with van der Waals surface area (Å²) >= 11 is 0. The minimum absolute atomic E-state index is 0.110. The third kappa shape index (κ3) is 3.38. The van der Waals surface area contributed by atoms with Gasteiger partial charge in [-0.05, 0) is 25.3 Å². The molecule has 0 radical (unpaired) electrons. The molecule has 4 heteroatoms. The van der Waals surface area contributed by atoms with Crippen LogP contribution in [-0.2, 0) is 16.0 Å². The molecular weight excluding hydrogens is 254 g/mol. The van der Waals surface area contributed by atoms with Crippen LogP contribution in [0.25, 0.3) is 0 Å². The summed E-state index contributed by atoms with van der Waals surface area (Å²) in [5, 5.41) is 12.1. The maximum Gasteiger partial charge on any atom is 0.311 e. The lowest BCUT2D eigenvalue weighted by molar-refractivity contribution is -0.148. The Hall–Kier alpha value is -1.84. The Bertz CT molecular complexity index is 487. The fourth-order valence-corrected chi connectivity index (χ4v) is 2.74. The lowest BCUT2D eigenvalue weighted by atomic mass is 9.86. The summed E-state index contributed by atoms with van der Waals surface area (Å²) in [5.74, 6) is -0.896. The molecule has 1 aromatic carbocycles. The van der Waals surface area contributed by atoms with Crippen molar-refractivity contribution in [3.05, 3.63) is 35.4 Å². The predicted octanol–water partition coefficient (Wildman–Crippen LogP) is 2.30. The Balaban J connectivity index is 1.88. The van der Waals surface area contributed by atoms with Gasteiger partial charge in [0, 0.05) is 6.54 Å². The highest BCUT2D eigenvalue weighted by Gasteiger charge is 2.41. The average molecular weight is 275 g/mol. The van der Waals surface area contributed by atoms with Gasteiger partial charge < -0.3 is 10.4 Å². The number of aliphatic carboxylic acids is 1. The van der Waals surface area contributed by atoms with E-state index < -0.39 is 11.4 Å². The molecule has 20 heavy (non-hydrogen) atoms. The summed E-state index contributed by atoms with van der Waals surface area (Å²) in [6.45, 7) is 2.24. The summed E-state index contributed by atoms with van der Waals surface area (Å²) in [4.78, 5) is 23.3. The SMILES string of the molecule is Cc1ccc(CC(=O)NCC2(C(=O)O)CCCC2)cc1. The Morgan fingerprint density at radius 2 is 1.80 bits per heavy atom. The summed E-state index contributed by atoms with van der Waals surface area (Å²) < 4.78 is 0. The number of aryl methyl sites for hydroxylation is 1. The van der Waals surface area contributed by atoms with Crippen LogP contribution < -0.4 is 5.32 Å². The van der Waals surface area contributed by atoms with Gasteiger partial charge in [-0.2, -0.15) is 0 Å². The third-order valence-electron chi connectivity index (χ3n) is 4.12. The Labute approximate surface area is 119 Å². The smallest absolute Gasteiger partial charge is 0.311 e. The van der Waals surface area contributed by atoms with E-state index >= 15 is 0 Å². The van der Waals surface area contributed by atoms with E-state index in [1.807, 2.05) is 31.2 Å². The second-order valence-electron chi connectivity index (χ2n) is 5.73. The van der Waals surface area contributed by atoms with Gasteiger partial charge in [0.25, 0.3) is 0 Å². The second kappa shape index (κ2) is 6.07. The van der Waals surface area contributed by atoms with Crippen LogP contribution in [-0.4, -0.2) is 23.5 Å². The van der Waals surface area contributed by atoms with Gasteiger partial charge in [0.2, 0.25) is 5.91 Å². The molecule has 1 saturated carbocycles. The van der Waals surface area contributed by atoms with Crippen molar-refractivity contribution >= 4 is 11.9 Å². The fraction of sp³-hybridized carbons (Fsp3) is 0.500. The number of carbonyl (C=O) groups is 2. The van der Waals surface area contributed by atoms with Crippen LogP contribution in [0, 0.1) is 12.3 Å². The van der Waals surface area contributed by atoms with Gasteiger partial charge in [-0.25, -0.2) is 0 Å². The topological polar surface area (TPSA) is 66.4 Å². The van der Waals surface area contributed by atoms with Gasteiger partial charge in [0.05, 0.1) is 11.8 Å². The molecule has 1 aliphatic rings. The number of benzene rings is 1. The first-order chi connectivity index (χ1) is 9.52. The van der Waals surface area contributed by atoms with Crippen molar-refractivity contribution in [1.82, 2.24) is 5.32 Å². The summed E-state index contributed by atoms with van der Waals surface area (Å²) in [6, 6.07) is 7.80. The zero-order chi connectivity index (χ0) is 14.6. The Kier molecular flexibility index (Phi) is 4.42. The number of hydrogen-bond donors (Lipinski definition) is 2. The van der Waals surface area contributed by atoms with Crippen molar-refractivity contribution in [3.8, 4) is 0 Å². The lowest BCUT2D eigenvalue weighted by Gasteiger charge is -2.23. The molecule has 0 bridgehead atoms. The number of rotatable bonds is 5. The summed E-state index contributed by atoms with van der Waals surface area (Å²) in [5.41, 5.74) is 1.36. The molecule has 2 rings (SSSR count). The Morgan fingerprint density at radius 3 is 2.35 bits per heavy atom. The average Bonchev–Trinajstić information content (AvgIpc) is 2.89. The van der Waals surface area contributed by atoms with Crippen molar-refractivity contribution in [2.45, 2.75) is 39.0 Å². The van der Waals surface area contributed by atoms with Crippen LogP contribution >= 0.6 is 0 Å². The molecule has 1 aromatic rings. The molecule has 2 N–H and O–H groups in total. The highest BCUT2D eigenvalue weighted by Crippen LogP contribution is 2.37. The molecule has 0 atom stereocenters. The van der Waals surface area contributed by atoms with Gasteiger partial charge in [-0.15, -0.1) is 0 Å². The number of carboxylic acid groups (broad SMARTS) is 1. The quantitative estimate of drug-likeness (QED) is 0.866. The third-order valence-corrected chi connectivity index (χ3v) is 4.12. The highest BCUT2D eigenvalue weighted by atomic mass is 16.4. The lowest BCUT2D eigenvalue weighted by Crippen LogP contribution is -2.41. The van der Waals surface area contributed by atoms with E-state index in [4.69, 9.17) is 0 Å². The van der Waals surface area contributed by atoms with E-state index in [-0.39, 0.29) is 12.5 Å². The molecule has 1 fully saturated rings. The van der Waals surface area contributed by atoms with Crippen molar-refractivity contribution in [2.24, 2.45) is 5.41 Å². The van der Waals surface area contributed by atoms with E-state index in [0.29, 0.717) is 19.3 Å². The number of nitrogens with one attached hydrogen (secondary N) is 1. The van der Waals surface area contributed by atoms with Gasteiger partial charge in [0.15, 0.2) is 0 Å². The van der Waals surface area contributed by atoms with E-state index in [0.717, 1.165) is 24.0 Å². The highest BCUT2D eigenvalue weighted by molar-refractivity contribution is 5.80. The van der Waals surface area contributed by atoms with E-state index in [2.05, 4.69) is 5.32 Å². The van der Waals surface area contributed by atoms with Crippen LogP contribution in [0.5, 0.6) is 0 Å². The van der Waals surface area contributed by atoms with Crippen LogP contribution in [0.4, 0.5) is 0 Å². The zero-order valence-electron chi connectivity index (χ0n) is 11.8. The van der Waals surface area contributed by atoms with Crippen molar-refractivity contribution in [2.75, 3.05) is 6.54 Å². The molecule has 0 heterocycles. The van der Waals surface area contributed by atoms with Gasteiger partial charge in [-0.3, -0.25) is 9.59 Å². The van der Waals surface area contributed by atoms with Crippen LogP contribution in [0.15, 0.2) is 24.3 Å². The first kappa shape index (κ1) is 14.6. The maximum atomic E-state index is 11.9. The normalized spacial score (nSPS) is 16.9. The van der Waals surface area contributed by atoms with E-state index in [9.17, 15) is 14.7 Å². The monoisotopic (exact) mass is 275 g/mol. The molecule has 1 aliphatic carbocycles. The van der Waals surface area contributed by atoms with E-state index in [1.165, 1.54) is 0 Å². The molecule has 0 aliphatic heterocycles. The number of carbonyl (C=O) groups excluding carboxylic acids is 1. The van der Waals surface area contributed by atoms with Crippen LogP contribution in [0.1, 0.15) is 36.8 Å². The standard InChI is InChI=1S/C16H21NO3/c1-12-4-6-13(7-5-12)10-14(18)17-11-16(15(19)20)8-2-3-9-16/h4-7H,2-3,8-11H2,1H3,(H,17,18)(H,19,20). The fourth-order valence-electron chi connectivity index (χ4n) is 2.74. The van der Waals surface area contributed by atoms with Crippen LogP contribution in [0.2, 0.25) is 0 Å². The minimum Gasteiger partial charge on any atom is -0.481 e. The zero-order valence-corrected chi connectivity index (χ0v) is 11.8. The molecular formula is C16H21NO3. The number of hydrogen-bond acceptors (Lipinski definition) is 2. The molecule has 0 saturated heterocycles. The van der Waals surface area contributed by atoms with Crippen molar-refractivity contribution in [1.29, 1.82) is 0 Å². The van der Waals surface area contributed by atoms with E-state index in [1.54, 1.807) is 0 Å². The summed E-state index contributed by atoms with van der Waals surface area (Å²) in [7, 11) is 0. The first-order valence-corrected chi connectivity index (χ1v) is 7.07. The first-order valence-electron chi connectivity index (χ1n) is 7.07. The maximum absolute atomic E-state index is 11.9. The minimum atomic E-state index is -0.786. The molecule has 0 spiro atoms. The number of carboxylic acids is 1. The van der Waals surface area contributed by atoms with Gasteiger partial charge in [-0.1, -0.05) is 42.7 Å². The van der Waals surface area contributed by atoms with Crippen molar-refractivity contribution in [3.63, 3.8) is 0 Å². The van der Waals surface area contributed by atoms with Crippen molar-refractivity contribution < 1.29 is 14.7 Å². The second-order valence-corrected chi connectivity index (χ2v) is 5.73. The number of amides is 1. The largest absolute Gasteiger partial charge is 0.481 e. The van der Waals surface area contributed by atoms with Gasteiger partial charge in [0.1, 0.15) is 0 Å². The predicted molar refractivity (Wildman–Crippen MR) is 76.4 cm³/mol. The van der Waals surface area contributed by atoms with Gasteiger partial charge >= 0.3 is 5.97 Å². The summed E-state index contributed by atoms with van der Waals surface area (Å²) in [6.07, 6.45) is 3.48. The molecule has 108 valence electrons.